The van der Waals surface area contributed by atoms with Gasteiger partial charge in [-0.2, -0.15) is 0 Å². The van der Waals surface area contributed by atoms with Crippen molar-refractivity contribution in [1.29, 1.82) is 0 Å². The molecule has 1 aromatic carbocycles. The van der Waals surface area contributed by atoms with Gasteiger partial charge >= 0.3 is 19.8 Å². The van der Waals surface area contributed by atoms with Gasteiger partial charge in [0.15, 0.2) is 12.0 Å². The van der Waals surface area contributed by atoms with E-state index in [1.54, 1.807) is 19.1 Å². The van der Waals surface area contributed by atoms with Crippen LogP contribution in [0, 0.1) is 0 Å². The Labute approximate surface area is 227 Å². The Kier molecular flexibility index (Phi) is 8.88. The minimum absolute atomic E-state index is 0.0138. The summed E-state index contributed by atoms with van der Waals surface area (Å²) in [5.74, 6) is -0.621. The number of hydrogen-bond donors (Lipinski definition) is 3. The minimum Gasteiger partial charge on any atom is -0.575 e. The third kappa shape index (κ3) is 5.87. The molecule has 2 fully saturated rings. The van der Waals surface area contributed by atoms with Crippen LogP contribution in [0.3, 0.4) is 0 Å². The molecule has 17 heteroatoms. The maximum Gasteiger partial charge on any atom is 0.395 e. The summed E-state index contributed by atoms with van der Waals surface area (Å²) in [6.45, 7) is 1.14. The van der Waals surface area contributed by atoms with Gasteiger partial charge in [-0.1, -0.05) is 34.8 Å². The zero-order chi connectivity index (χ0) is 28.9. The SMILES string of the molecule is CCOC(=O)C1(N=[P+]([O-])Oc2ccccc2OC[C@@]2(N=[N+]=[N-])O[C@@H](n3ccc(=O)[nH]c3=O)[C@H](O)[C@@H]2O)CCCC1. The topological polar surface area (TPSA) is 233 Å². The van der Waals surface area contributed by atoms with Crippen LogP contribution in [0.15, 0.2) is 56.0 Å². The summed E-state index contributed by atoms with van der Waals surface area (Å²) in [7, 11) is -2.75. The van der Waals surface area contributed by atoms with E-state index in [0.717, 1.165) is 16.8 Å². The van der Waals surface area contributed by atoms with Crippen LogP contribution < -0.4 is 25.4 Å². The molecule has 1 aliphatic heterocycles. The Bertz CT molecular complexity index is 1430. The predicted octanol–water partition coefficient (Wildman–Crippen LogP) is 0.983. The van der Waals surface area contributed by atoms with Crippen molar-refractivity contribution in [3.05, 3.63) is 67.8 Å². The summed E-state index contributed by atoms with van der Waals surface area (Å²) >= 11 is 0. The van der Waals surface area contributed by atoms with Gasteiger partial charge in [0, 0.05) is 17.2 Å². The molecule has 2 aliphatic rings. The normalized spacial score (nSPS) is 25.7. The molecule has 1 aromatic heterocycles. The van der Waals surface area contributed by atoms with Gasteiger partial charge in [-0.05, 0) is 37.4 Å². The molecule has 0 amide bonds. The number of carbonyl (C=O) groups excluding carboxylic acids is 1. The Hall–Kier alpha value is -3.78. The molecule has 2 aromatic rings. The van der Waals surface area contributed by atoms with Crippen LogP contribution in [0.2, 0.25) is 0 Å². The lowest BCUT2D eigenvalue weighted by Crippen LogP contribution is -2.46. The van der Waals surface area contributed by atoms with Gasteiger partial charge in [-0.3, -0.25) is 18.9 Å². The monoisotopic (exact) mass is 578 g/mol. The van der Waals surface area contributed by atoms with Crippen LogP contribution in [-0.2, 0) is 14.3 Å². The summed E-state index contributed by atoms with van der Waals surface area (Å²) in [6.07, 6.45) is -1.94. The summed E-state index contributed by atoms with van der Waals surface area (Å²) < 4.78 is 27.0. The number of H-pyrrole nitrogens is 1. The maximum atomic E-state index is 12.9. The molecule has 3 N–H and O–H groups in total. The number of benzene rings is 1. The van der Waals surface area contributed by atoms with E-state index in [1.807, 2.05) is 4.98 Å². The molecule has 2 heterocycles. The number of rotatable bonds is 10. The standard InChI is InChI=1S/C23H27N6O10P/c1-2-36-20(33)22(10-5-6-11-22)27-40(35)39-15-8-4-3-7-14(15)37-13-23(26-28-24)18(32)17(31)19(38-23)29-12-9-16(30)25-21(29)34/h3-4,7-9,12,17-19,31-32H,2,5-6,10-11,13H2,1H3,(H,25,30,34)/t17-,18+,19-,23-/m1/s1. The maximum absolute atomic E-state index is 12.9. The molecule has 0 bridgehead atoms. The zero-order valence-electron chi connectivity index (χ0n) is 21.3. The highest BCUT2D eigenvalue weighted by molar-refractivity contribution is 7.34. The molecule has 1 saturated carbocycles. The first kappa shape index (κ1) is 29.2. The van der Waals surface area contributed by atoms with E-state index in [1.165, 1.54) is 12.1 Å². The van der Waals surface area contributed by atoms with Crippen LogP contribution in [0.5, 0.6) is 11.5 Å². The predicted molar refractivity (Wildman–Crippen MR) is 135 cm³/mol. The Morgan fingerprint density at radius 1 is 1.27 bits per heavy atom. The summed E-state index contributed by atoms with van der Waals surface area (Å²) in [5.41, 5.74) is 4.05. The van der Waals surface area contributed by atoms with Crippen molar-refractivity contribution in [3.63, 3.8) is 0 Å². The largest absolute Gasteiger partial charge is 0.575 e. The number of esters is 1. The molecule has 1 unspecified atom stereocenters. The van der Waals surface area contributed by atoms with Crippen LogP contribution in [-0.4, -0.2) is 62.4 Å². The molecule has 1 aliphatic carbocycles. The summed E-state index contributed by atoms with van der Waals surface area (Å²) in [5, 5.41) is 24.8. The number of carbonyl (C=O) groups is 1. The molecule has 5 atom stereocenters. The number of aliphatic hydroxyl groups excluding tert-OH is 2. The van der Waals surface area contributed by atoms with Crippen molar-refractivity contribution >= 4 is 14.1 Å². The van der Waals surface area contributed by atoms with Gasteiger partial charge in [-0.25, -0.2) is 9.59 Å². The van der Waals surface area contributed by atoms with Crippen LogP contribution >= 0.6 is 8.17 Å². The fourth-order valence-electron chi connectivity index (χ4n) is 4.58. The Balaban J connectivity index is 1.56. The van der Waals surface area contributed by atoms with Crippen molar-refractivity contribution in [2.75, 3.05) is 13.2 Å². The van der Waals surface area contributed by atoms with Gasteiger partial charge in [0.25, 0.3) is 5.56 Å². The molecular weight excluding hydrogens is 551 g/mol. The molecule has 1 saturated heterocycles. The third-order valence-corrected chi connectivity index (χ3v) is 7.46. The van der Waals surface area contributed by atoms with Gasteiger partial charge in [0.1, 0.15) is 18.8 Å². The molecule has 40 heavy (non-hydrogen) atoms. The van der Waals surface area contributed by atoms with E-state index >= 15 is 0 Å². The highest BCUT2D eigenvalue weighted by Crippen LogP contribution is 2.42. The first-order valence-corrected chi connectivity index (χ1v) is 13.5. The third-order valence-electron chi connectivity index (χ3n) is 6.56. The minimum atomic E-state index is -2.75. The van der Waals surface area contributed by atoms with Crippen molar-refractivity contribution in [3.8, 4) is 11.5 Å². The molecule has 0 spiro atoms. The molecular formula is C23H27N6O10P. The van der Waals surface area contributed by atoms with Crippen molar-refractivity contribution in [2.45, 2.75) is 62.3 Å². The molecule has 4 rings (SSSR count). The number of hydrogen-bond acceptors (Lipinski definition) is 12. The van der Waals surface area contributed by atoms with Gasteiger partial charge in [0.2, 0.25) is 17.0 Å². The second-order valence-corrected chi connectivity index (χ2v) is 9.98. The second kappa shape index (κ2) is 12.2. The van der Waals surface area contributed by atoms with Crippen molar-refractivity contribution < 1.29 is 38.6 Å². The highest BCUT2D eigenvalue weighted by Gasteiger charge is 2.56. The average molecular weight is 578 g/mol. The lowest BCUT2D eigenvalue weighted by Gasteiger charge is -2.26. The number of azide groups is 1. The van der Waals surface area contributed by atoms with E-state index in [0.29, 0.717) is 25.7 Å². The fourth-order valence-corrected chi connectivity index (χ4v) is 5.54. The quantitative estimate of drug-likeness (QED) is 0.119. The van der Waals surface area contributed by atoms with Crippen molar-refractivity contribution in [1.82, 2.24) is 9.55 Å². The molecule has 0 radical (unpaired) electrons. The van der Waals surface area contributed by atoms with Crippen LogP contribution in [0.25, 0.3) is 10.4 Å². The van der Waals surface area contributed by atoms with Crippen LogP contribution in [0.4, 0.5) is 0 Å². The number of nitrogens with one attached hydrogen (secondary N) is 1. The number of nitrogens with zero attached hydrogens (tertiary/aromatic N) is 5. The van der Waals surface area contributed by atoms with Crippen LogP contribution in [0.1, 0.15) is 38.8 Å². The molecule has 16 nitrogen and oxygen atoms in total. The average Bonchev–Trinajstić information content (AvgIpc) is 3.48. The van der Waals surface area contributed by atoms with E-state index in [9.17, 15) is 29.5 Å². The van der Waals surface area contributed by atoms with E-state index in [4.69, 9.17) is 24.3 Å². The van der Waals surface area contributed by atoms with Gasteiger partial charge in [0.05, 0.1) is 6.61 Å². The van der Waals surface area contributed by atoms with Gasteiger partial charge < -0.3 is 29.3 Å². The zero-order valence-corrected chi connectivity index (χ0v) is 22.2. The summed E-state index contributed by atoms with van der Waals surface area (Å²) in [4.78, 5) is 53.7. The lowest BCUT2D eigenvalue weighted by atomic mass is 10.00. The first-order valence-electron chi connectivity index (χ1n) is 12.3. The molecule has 214 valence electrons. The first-order chi connectivity index (χ1) is 19.1. The summed E-state index contributed by atoms with van der Waals surface area (Å²) in [6, 6.07) is 6.99. The lowest BCUT2D eigenvalue weighted by molar-refractivity contribution is -0.171. The number of aromatic amines is 1. The number of aromatic nitrogens is 2. The Morgan fingerprint density at radius 3 is 2.62 bits per heavy atom. The van der Waals surface area contributed by atoms with E-state index in [-0.39, 0.29) is 18.1 Å². The highest BCUT2D eigenvalue weighted by atomic mass is 31.1. The fraction of sp³-hybridized carbons (Fsp3) is 0.522. The number of para-hydroxylation sites is 2. The van der Waals surface area contributed by atoms with Crippen molar-refractivity contribution in [2.24, 2.45) is 9.86 Å². The van der Waals surface area contributed by atoms with E-state index < -0.39 is 61.7 Å². The smallest absolute Gasteiger partial charge is 0.395 e. The second-order valence-electron chi connectivity index (χ2n) is 9.12. The number of ether oxygens (including phenoxy) is 3. The van der Waals surface area contributed by atoms with E-state index in [2.05, 4.69) is 14.8 Å². The Morgan fingerprint density at radius 2 is 1.98 bits per heavy atom. The number of aliphatic hydroxyl groups is 2. The van der Waals surface area contributed by atoms with Gasteiger partial charge in [-0.15, -0.1) is 0 Å².